The number of fused-ring (bicyclic) bond motifs is 1. The smallest absolute Gasteiger partial charge is 0.130 e. The molecule has 0 aliphatic carbocycles. The number of hydrogen-bond acceptors (Lipinski definition) is 2. The Morgan fingerprint density at radius 2 is 1.90 bits per heavy atom. The first-order valence-corrected chi connectivity index (χ1v) is 6.90. The summed E-state index contributed by atoms with van der Waals surface area (Å²) in [6.45, 7) is 0.540. The van der Waals surface area contributed by atoms with E-state index in [9.17, 15) is 9.50 Å². The van der Waals surface area contributed by atoms with Crippen LogP contribution in [0.3, 0.4) is 0 Å². The number of hydrogen-bond donors (Lipinski definition) is 1. The Bertz CT molecular complexity index is 673. The largest absolute Gasteiger partial charge is 0.493 e. The Labute approximate surface area is 125 Å². The molecule has 3 rings (SSSR count). The van der Waals surface area contributed by atoms with Crippen molar-refractivity contribution >= 4 is 23.2 Å². The molecule has 0 saturated carbocycles. The van der Waals surface area contributed by atoms with Crippen molar-refractivity contribution in [2.45, 2.75) is 12.5 Å². The van der Waals surface area contributed by atoms with Crippen LogP contribution in [-0.2, 0) is 6.42 Å². The van der Waals surface area contributed by atoms with Gasteiger partial charge in [0, 0.05) is 27.6 Å². The molecule has 0 saturated heterocycles. The molecule has 0 bridgehead atoms. The second-order valence-corrected chi connectivity index (χ2v) is 5.52. The highest BCUT2D eigenvalue weighted by atomic mass is 35.5. The lowest BCUT2D eigenvalue weighted by Crippen LogP contribution is -2.04. The topological polar surface area (TPSA) is 29.5 Å². The Morgan fingerprint density at radius 1 is 1.10 bits per heavy atom. The number of aliphatic hydroxyl groups is 1. The zero-order valence-electron chi connectivity index (χ0n) is 10.4. The molecule has 2 nitrogen and oxygen atoms in total. The van der Waals surface area contributed by atoms with Gasteiger partial charge in [0.25, 0.3) is 0 Å². The molecule has 1 heterocycles. The van der Waals surface area contributed by atoms with E-state index in [1.807, 2.05) is 0 Å². The van der Waals surface area contributed by atoms with Crippen LogP contribution in [0.2, 0.25) is 10.0 Å². The van der Waals surface area contributed by atoms with Crippen molar-refractivity contribution in [1.82, 2.24) is 0 Å². The first kappa shape index (κ1) is 13.7. The fraction of sp³-hybridized carbons (Fsp3) is 0.200. The van der Waals surface area contributed by atoms with Crippen molar-refractivity contribution in [2.75, 3.05) is 6.61 Å². The van der Waals surface area contributed by atoms with Gasteiger partial charge < -0.3 is 9.84 Å². The summed E-state index contributed by atoms with van der Waals surface area (Å²) in [5.41, 5.74) is 1.56. The maximum Gasteiger partial charge on any atom is 0.130 e. The summed E-state index contributed by atoms with van der Waals surface area (Å²) >= 11 is 11.8. The Balaban J connectivity index is 2.09. The van der Waals surface area contributed by atoms with Crippen LogP contribution in [-0.4, -0.2) is 11.7 Å². The molecule has 1 unspecified atom stereocenters. The highest BCUT2D eigenvalue weighted by Gasteiger charge is 2.24. The van der Waals surface area contributed by atoms with Gasteiger partial charge in [-0.3, -0.25) is 0 Å². The van der Waals surface area contributed by atoms with Crippen LogP contribution in [0.1, 0.15) is 22.8 Å². The third-order valence-corrected chi connectivity index (χ3v) is 3.78. The van der Waals surface area contributed by atoms with Gasteiger partial charge in [0.15, 0.2) is 0 Å². The maximum absolute atomic E-state index is 13.9. The monoisotopic (exact) mass is 312 g/mol. The summed E-state index contributed by atoms with van der Waals surface area (Å²) in [5.74, 6) is 0.0352. The molecule has 0 spiro atoms. The molecule has 104 valence electrons. The first-order chi connectivity index (χ1) is 9.56. The zero-order valence-corrected chi connectivity index (χ0v) is 11.9. The summed E-state index contributed by atoms with van der Waals surface area (Å²) in [5, 5.41) is 11.2. The van der Waals surface area contributed by atoms with E-state index < -0.39 is 11.9 Å². The summed E-state index contributed by atoms with van der Waals surface area (Å²) < 4.78 is 19.4. The minimum absolute atomic E-state index is 0.148. The third kappa shape index (κ3) is 2.37. The van der Waals surface area contributed by atoms with Crippen LogP contribution in [0, 0.1) is 5.82 Å². The van der Waals surface area contributed by atoms with E-state index in [0.717, 1.165) is 12.0 Å². The van der Waals surface area contributed by atoms with Gasteiger partial charge >= 0.3 is 0 Å². The second kappa shape index (κ2) is 5.24. The molecule has 20 heavy (non-hydrogen) atoms. The molecule has 1 aliphatic heterocycles. The van der Waals surface area contributed by atoms with Crippen LogP contribution in [0.25, 0.3) is 0 Å². The van der Waals surface area contributed by atoms with E-state index in [1.54, 1.807) is 12.1 Å². The number of aliphatic hydroxyl groups excluding tert-OH is 1. The van der Waals surface area contributed by atoms with E-state index in [1.165, 1.54) is 18.2 Å². The highest BCUT2D eigenvalue weighted by molar-refractivity contribution is 6.31. The lowest BCUT2D eigenvalue weighted by molar-refractivity contribution is 0.208. The predicted octanol–water partition coefficient (Wildman–Crippen LogP) is 4.15. The molecule has 1 atom stereocenters. The van der Waals surface area contributed by atoms with Crippen molar-refractivity contribution in [3.8, 4) is 5.75 Å². The quantitative estimate of drug-likeness (QED) is 0.902. The van der Waals surface area contributed by atoms with Gasteiger partial charge in [-0.05, 0) is 29.8 Å². The number of rotatable bonds is 2. The molecular formula is C15H11Cl2FO2. The van der Waals surface area contributed by atoms with Gasteiger partial charge in [0.1, 0.15) is 17.7 Å². The van der Waals surface area contributed by atoms with Crippen molar-refractivity contribution in [2.24, 2.45) is 0 Å². The number of ether oxygens (including phenoxy) is 1. The van der Waals surface area contributed by atoms with Gasteiger partial charge in [-0.15, -0.1) is 0 Å². The fourth-order valence-corrected chi connectivity index (χ4v) is 2.80. The molecule has 5 heteroatoms. The minimum Gasteiger partial charge on any atom is -0.493 e. The molecular weight excluding hydrogens is 302 g/mol. The Morgan fingerprint density at radius 3 is 2.65 bits per heavy atom. The molecule has 2 aromatic carbocycles. The van der Waals surface area contributed by atoms with Crippen LogP contribution in [0.5, 0.6) is 5.75 Å². The summed E-state index contributed by atoms with van der Waals surface area (Å²) in [7, 11) is 0. The molecule has 0 fully saturated rings. The van der Waals surface area contributed by atoms with Crippen molar-refractivity contribution < 1.29 is 14.2 Å². The standard InChI is InChI=1S/C15H11Cl2FO2/c16-9-1-2-11(13(18)7-9)14(19)12-6-10(17)5-8-3-4-20-15(8)12/h1-2,5-7,14,19H,3-4H2. The molecule has 1 aliphatic rings. The van der Waals surface area contributed by atoms with Crippen LogP contribution in [0.15, 0.2) is 30.3 Å². The van der Waals surface area contributed by atoms with Crippen molar-refractivity contribution in [3.63, 3.8) is 0 Å². The Kier molecular flexibility index (Phi) is 3.59. The van der Waals surface area contributed by atoms with E-state index in [0.29, 0.717) is 22.9 Å². The van der Waals surface area contributed by atoms with E-state index in [-0.39, 0.29) is 10.6 Å². The highest BCUT2D eigenvalue weighted by Crippen LogP contribution is 2.39. The predicted molar refractivity (Wildman–Crippen MR) is 76.1 cm³/mol. The fourth-order valence-electron chi connectivity index (χ4n) is 2.39. The third-order valence-electron chi connectivity index (χ3n) is 3.33. The van der Waals surface area contributed by atoms with Gasteiger partial charge in [-0.1, -0.05) is 29.3 Å². The van der Waals surface area contributed by atoms with Crippen LogP contribution >= 0.6 is 23.2 Å². The summed E-state index contributed by atoms with van der Waals surface area (Å²) in [6.07, 6.45) is -0.406. The summed E-state index contributed by atoms with van der Waals surface area (Å²) in [6, 6.07) is 7.58. The maximum atomic E-state index is 13.9. The van der Waals surface area contributed by atoms with E-state index >= 15 is 0 Å². The number of halogens is 3. The first-order valence-electron chi connectivity index (χ1n) is 6.14. The Hall–Kier alpha value is -1.29. The molecule has 0 amide bonds. The lowest BCUT2D eigenvalue weighted by atomic mass is 9.98. The average molecular weight is 313 g/mol. The average Bonchev–Trinajstić information content (AvgIpc) is 2.85. The molecule has 0 radical (unpaired) electrons. The van der Waals surface area contributed by atoms with E-state index in [2.05, 4.69) is 0 Å². The van der Waals surface area contributed by atoms with E-state index in [4.69, 9.17) is 27.9 Å². The number of benzene rings is 2. The van der Waals surface area contributed by atoms with Gasteiger partial charge in [0.05, 0.1) is 6.61 Å². The van der Waals surface area contributed by atoms with Crippen LogP contribution in [0.4, 0.5) is 4.39 Å². The minimum atomic E-state index is -1.14. The molecule has 2 aromatic rings. The van der Waals surface area contributed by atoms with Crippen LogP contribution < -0.4 is 4.74 Å². The molecule has 1 N–H and O–H groups in total. The lowest BCUT2D eigenvalue weighted by Gasteiger charge is -2.16. The normalized spacial score (nSPS) is 14.8. The zero-order chi connectivity index (χ0) is 14.3. The summed E-state index contributed by atoms with van der Waals surface area (Å²) in [4.78, 5) is 0. The van der Waals surface area contributed by atoms with Gasteiger partial charge in [-0.25, -0.2) is 4.39 Å². The van der Waals surface area contributed by atoms with Gasteiger partial charge in [0.2, 0.25) is 0 Å². The molecule has 0 aromatic heterocycles. The van der Waals surface area contributed by atoms with Crippen molar-refractivity contribution in [3.05, 3.63) is 62.9 Å². The van der Waals surface area contributed by atoms with Crippen molar-refractivity contribution in [1.29, 1.82) is 0 Å². The van der Waals surface area contributed by atoms with Gasteiger partial charge in [-0.2, -0.15) is 0 Å². The SMILES string of the molecule is OC(c1ccc(Cl)cc1F)c1cc(Cl)cc2c1OCC2. The second-order valence-electron chi connectivity index (χ2n) is 4.65.